The number of para-hydroxylation sites is 2. The Morgan fingerprint density at radius 3 is 1.84 bits per heavy atom. The minimum Gasteiger partial charge on any atom is -0.456 e. The van der Waals surface area contributed by atoms with Gasteiger partial charge in [0.25, 0.3) is 0 Å². The van der Waals surface area contributed by atoms with E-state index in [1.54, 1.807) is 0 Å². The van der Waals surface area contributed by atoms with Crippen LogP contribution in [0.4, 0.5) is 0 Å². The van der Waals surface area contributed by atoms with Gasteiger partial charge in [0.15, 0.2) is 0 Å². The van der Waals surface area contributed by atoms with Gasteiger partial charge < -0.3 is 18.8 Å². The number of pyridine rings is 2. The molecule has 0 bridgehead atoms. The summed E-state index contributed by atoms with van der Waals surface area (Å²) < 4.78 is 13.1. The van der Waals surface area contributed by atoms with Crippen LogP contribution >= 0.6 is 0 Å². The number of hydrogen-bond acceptors (Lipinski definition) is 4. The Balaban J connectivity index is 0.000000214. The Kier molecular flexibility index (Phi) is 9.20. The molecular weight excluding hydrogens is 805 g/mol. The largest absolute Gasteiger partial charge is 0.456 e. The Morgan fingerprint density at radius 2 is 1.18 bits per heavy atom. The van der Waals surface area contributed by atoms with Gasteiger partial charge in [0.2, 0.25) is 0 Å². The van der Waals surface area contributed by atoms with E-state index in [9.17, 15) is 0 Å². The Hall–Kier alpha value is -5.35. The maximum atomic E-state index is 6.66. The quantitative estimate of drug-likeness (QED) is 0.166. The summed E-state index contributed by atoms with van der Waals surface area (Å²) in [4.78, 5) is 9.10. The molecule has 4 nitrogen and oxygen atoms in total. The minimum atomic E-state index is 0. The van der Waals surface area contributed by atoms with Crippen LogP contribution in [-0.4, -0.2) is 9.97 Å². The summed E-state index contributed by atoms with van der Waals surface area (Å²) in [5, 5.41) is 4.44. The van der Waals surface area contributed by atoms with Crippen LogP contribution in [-0.2, 0) is 20.1 Å². The molecule has 0 atom stereocenters. The van der Waals surface area contributed by atoms with Gasteiger partial charge in [-0.05, 0) is 79.9 Å². The molecule has 0 spiro atoms. The molecule has 0 aliphatic heterocycles. The Morgan fingerprint density at radius 1 is 0.510 bits per heavy atom. The van der Waals surface area contributed by atoms with Crippen molar-refractivity contribution < 1.29 is 28.9 Å². The fourth-order valence-electron chi connectivity index (χ4n) is 6.68. The van der Waals surface area contributed by atoms with Crippen LogP contribution in [0.2, 0.25) is 0 Å². The van der Waals surface area contributed by atoms with Crippen molar-refractivity contribution in [1.29, 1.82) is 0 Å². The number of furan rings is 2. The summed E-state index contributed by atoms with van der Waals surface area (Å²) in [5.41, 5.74) is 16.6. The summed E-state index contributed by atoms with van der Waals surface area (Å²) in [5.74, 6) is 0. The number of aromatic nitrogens is 2. The fraction of sp³-hybridized carbons (Fsp3) is 0.130. The van der Waals surface area contributed by atoms with Gasteiger partial charge in [-0.1, -0.05) is 61.0 Å². The molecule has 0 saturated carbocycles. The third-order valence-electron chi connectivity index (χ3n) is 9.62. The standard InChI is InChI=1S/C32H22NO2.C14H14N.Ir/c1-18-9-7-13-22-28-27(34-30(18)22)16-25(32-29(28)23-14-8-10-19(2)31(23)35-32)24-15-26(33-17-20(24)3)21-11-5-4-6-12-21;1-10-4-6-13(7-5-10)14-8-11(2)12(3)9-15-14;/h4-11,13-17H,1-3H3;4-6,8-9H,1-3H3;/q2*-1;. The molecule has 51 heavy (non-hydrogen) atoms. The molecule has 0 amide bonds. The van der Waals surface area contributed by atoms with Crippen LogP contribution in [0.5, 0.6) is 0 Å². The van der Waals surface area contributed by atoms with E-state index in [2.05, 4.69) is 125 Å². The monoisotopic (exact) mass is 841 g/mol. The molecule has 9 aromatic rings. The van der Waals surface area contributed by atoms with Gasteiger partial charge in [-0.25, -0.2) is 0 Å². The Labute approximate surface area is 311 Å². The van der Waals surface area contributed by atoms with E-state index >= 15 is 0 Å². The predicted octanol–water partition coefficient (Wildman–Crippen LogP) is 12.4. The van der Waals surface area contributed by atoms with Gasteiger partial charge in [0, 0.05) is 59.6 Å². The summed E-state index contributed by atoms with van der Waals surface area (Å²) >= 11 is 0. The van der Waals surface area contributed by atoms with Crippen molar-refractivity contribution in [3.63, 3.8) is 0 Å². The van der Waals surface area contributed by atoms with Crippen molar-refractivity contribution in [3.05, 3.63) is 155 Å². The molecule has 9 rings (SSSR count). The predicted molar refractivity (Wildman–Crippen MR) is 205 cm³/mol. The SMILES string of the molecule is Cc1c[c-]c(-c2cc(C)c(C)cn2)cc1.Cc1cnc(-c2[c-]cccc2)cc1-c1cc2oc3c(C)cccc3c2c2c1oc1c(C)cccc12.[Ir]. The molecule has 1 radical (unpaired) electrons. The fourth-order valence-corrected chi connectivity index (χ4v) is 6.68. The van der Waals surface area contributed by atoms with Crippen molar-refractivity contribution in [1.82, 2.24) is 9.97 Å². The minimum absolute atomic E-state index is 0. The number of nitrogens with zero attached hydrogens (tertiary/aromatic N) is 2. The summed E-state index contributed by atoms with van der Waals surface area (Å²) in [6.07, 6.45) is 3.84. The van der Waals surface area contributed by atoms with Gasteiger partial charge in [0.05, 0.1) is 0 Å². The second-order valence-electron chi connectivity index (χ2n) is 13.2. The maximum absolute atomic E-state index is 6.66. The van der Waals surface area contributed by atoms with Crippen LogP contribution in [0.1, 0.15) is 33.4 Å². The summed E-state index contributed by atoms with van der Waals surface area (Å²) in [7, 11) is 0. The second kappa shape index (κ2) is 13.8. The summed E-state index contributed by atoms with van der Waals surface area (Å²) in [6.45, 7) is 12.5. The first-order chi connectivity index (χ1) is 24.3. The molecule has 4 aromatic heterocycles. The Bertz CT molecular complexity index is 2700. The molecule has 5 heteroatoms. The van der Waals surface area contributed by atoms with Gasteiger partial charge >= 0.3 is 0 Å². The maximum Gasteiger partial charge on any atom is 0.144 e. The molecule has 0 N–H and O–H groups in total. The van der Waals surface area contributed by atoms with Crippen molar-refractivity contribution in [2.45, 2.75) is 41.5 Å². The molecule has 5 aromatic carbocycles. The molecule has 0 aliphatic rings. The molecule has 4 heterocycles. The van der Waals surface area contributed by atoms with Crippen molar-refractivity contribution in [2.24, 2.45) is 0 Å². The first-order valence-corrected chi connectivity index (χ1v) is 16.9. The number of benzene rings is 5. The van der Waals surface area contributed by atoms with Crippen LogP contribution < -0.4 is 0 Å². The van der Waals surface area contributed by atoms with E-state index in [1.807, 2.05) is 42.7 Å². The second-order valence-corrected chi connectivity index (χ2v) is 13.2. The van der Waals surface area contributed by atoms with Crippen molar-refractivity contribution in [3.8, 4) is 33.6 Å². The first-order valence-electron chi connectivity index (χ1n) is 16.9. The van der Waals surface area contributed by atoms with E-state index in [-0.39, 0.29) is 20.1 Å². The smallest absolute Gasteiger partial charge is 0.144 e. The zero-order chi connectivity index (χ0) is 34.5. The van der Waals surface area contributed by atoms with E-state index < -0.39 is 0 Å². The number of rotatable bonds is 3. The molecule has 0 aliphatic carbocycles. The average Bonchev–Trinajstić information content (AvgIpc) is 3.71. The third-order valence-corrected chi connectivity index (χ3v) is 9.62. The number of hydrogen-bond donors (Lipinski definition) is 0. The van der Waals surface area contributed by atoms with Gasteiger partial charge in [0.1, 0.15) is 22.3 Å². The zero-order valence-corrected chi connectivity index (χ0v) is 31.8. The van der Waals surface area contributed by atoms with Crippen LogP contribution in [0, 0.1) is 53.7 Å². The normalized spacial score (nSPS) is 11.2. The van der Waals surface area contributed by atoms with E-state index in [0.717, 1.165) is 94.2 Å². The van der Waals surface area contributed by atoms with Gasteiger partial charge in [-0.15, -0.1) is 71.3 Å². The van der Waals surface area contributed by atoms with E-state index in [1.165, 1.54) is 16.7 Å². The molecule has 0 saturated heterocycles. The first kappa shape index (κ1) is 34.1. The third kappa shape index (κ3) is 6.18. The van der Waals surface area contributed by atoms with Crippen molar-refractivity contribution >= 4 is 43.9 Å². The molecule has 253 valence electrons. The molecular formula is C46H36IrN2O2-2. The van der Waals surface area contributed by atoms with E-state index in [4.69, 9.17) is 13.8 Å². The van der Waals surface area contributed by atoms with Crippen molar-refractivity contribution in [2.75, 3.05) is 0 Å². The van der Waals surface area contributed by atoms with Crippen LogP contribution in [0.3, 0.4) is 0 Å². The van der Waals surface area contributed by atoms with Gasteiger partial charge in [-0.2, -0.15) is 0 Å². The molecule has 0 fully saturated rings. The number of fused-ring (bicyclic) bond motifs is 7. The van der Waals surface area contributed by atoms with Gasteiger partial charge in [-0.3, -0.25) is 0 Å². The molecule has 0 unspecified atom stereocenters. The zero-order valence-electron chi connectivity index (χ0n) is 29.4. The van der Waals surface area contributed by atoms with Crippen LogP contribution in [0.15, 0.2) is 118 Å². The average molecular weight is 841 g/mol. The van der Waals surface area contributed by atoms with Crippen LogP contribution in [0.25, 0.3) is 77.5 Å². The topological polar surface area (TPSA) is 52.1 Å². The summed E-state index contributed by atoms with van der Waals surface area (Å²) in [6, 6.07) is 39.7. The number of aryl methyl sites for hydroxylation is 6. The van der Waals surface area contributed by atoms with E-state index in [0.29, 0.717) is 0 Å².